The quantitative estimate of drug-likeness (QED) is 0.877. The molecule has 4 nitrogen and oxygen atoms in total. The van der Waals surface area contributed by atoms with Crippen LogP contribution in [0.2, 0.25) is 5.02 Å². The van der Waals surface area contributed by atoms with Gasteiger partial charge in [0.05, 0.1) is 0 Å². The van der Waals surface area contributed by atoms with Crippen molar-refractivity contribution < 1.29 is 9.59 Å². The summed E-state index contributed by atoms with van der Waals surface area (Å²) >= 11 is 5.77. The molecule has 0 saturated carbocycles. The van der Waals surface area contributed by atoms with Crippen LogP contribution in [0.1, 0.15) is 31.1 Å². The van der Waals surface area contributed by atoms with E-state index in [1.807, 2.05) is 0 Å². The van der Waals surface area contributed by atoms with E-state index >= 15 is 0 Å². The Morgan fingerprint density at radius 1 is 1.25 bits per heavy atom. The number of nitrogens with one attached hydrogen (secondary N) is 1. The summed E-state index contributed by atoms with van der Waals surface area (Å²) in [5.41, 5.74) is 0.563. The lowest BCUT2D eigenvalue weighted by Gasteiger charge is -2.23. The summed E-state index contributed by atoms with van der Waals surface area (Å²) in [7, 11) is 0. The van der Waals surface area contributed by atoms with Gasteiger partial charge in [-0.3, -0.25) is 9.59 Å². The topological polar surface area (TPSA) is 49.4 Å². The number of rotatable bonds is 6. The Kier molecular flexibility index (Phi) is 6.52. The predicted molar refractivity (Wildman–Crippen MR) is 80.9 cm³/mol. The number of benzene rings is 1. The van der Waals surface area contributed by atoms with Crippen LogP contribution in [-0.4, -0.2) is 36.3 Å². The van der Waals surface area contributed by atoms with Crippen LogP contribution >= 0.6 is 11.6 Å². The Balaban J connectivity index is 2.44. The number of hydrogen-bond acceptors (Lipinski definition) is 2. The number of carbonyl (C=O) groups is 2. The maximum atomic E-state index is 11.9. The largest absolute Gasteiger partial charge is 0.350 e. The summed E-state index contributed by atoms with van der Waals surface area (Å²) in [5, 5.41) is 3.40. The molecule has 0 heterocycles. The Hall–Kier alpha value is -1.55. The fraction of sp³-hybridized carbons (Fsp3) is 0.467. The van der Waals surface area contributed by atoms with Crippen LogP contribution in [0.3, 0.4) is 0 Å². The van der Waals surface area contributed by atoms with Gasteiger partial charge in [0.1, 0.15) is 0 Å². The van der Waals surface area contributed by atoms with Crippen LogP contribution in [0, 0.1) is 5.92 Å². The first-order valence-electron chi connectivity index (χ1n) is 6.69. The maximum absolute atomic E-state index is 11.9. The first-order valence-corrected chi connectivity index (χ1v) is 7.07. The van der Waals surface area contributed by atoms with Crippen molar-refractivity contribution in [2.24, 2.45) is 5.92 Å². The fourth-order valence-electron chi connectivity index (χ4n) is 1.83. The van der Waals surface area contributed by atoms with Crippen LogP contribution in [0.25, 0.3) is 0 Å². The molecule has 0 fully saturated rings. The van der Waals surface area contributed by atoms with Gasteiger partial charge < -0.3 is 10.2 Å². The molecule has 0 atom stereocenters. The molecule has 110 valence electrons. The molecule has 1 aromatic rings. The molecule has 0 aliphatic heterocycles. The third kappa shape index (κ3) is 5.61. The van der Waals surface area contributed by atoms with Gasteiger partial charge in [-0.05, 0) is 30.2 Å². The van der Waals surface area contributed by atoms with E-state index in [9.17, 15) is 9.59 Å². The van der Waals surface area contributed by atoms with E-state index in [0.29, 0.717) is 36.1 Å². The molecule has 0 bridgehead atoms. The van der Waals surface area contributed by atoms with Crippen molar-refractivity contribution in [3.05, 3.63) is 34.9 Å². The number of halogens is 1. The maximum Gasteiger partial charge on any atom is 0.251 e. The molecular formula is C15H21ClN2O2. The van der Waals surface area contributed by atoms with Crippen molar-refractivity contribution in [2.75, 3.05) is 19.6 Å². The Morgan fingerprint density at radius 2 is 1.85 bits per heavy atom. The second kappa shape index (κ2) is 7.90. The van der Waals surface area contributed by atoms with Crippen molar-refractivity contribution >= 4 is 23.4 Å². The van der Waals surface area contributed by atoms with E-state index in [0.717, 1.165) is 0 Å². The van der Waals surface area contributed by atoms with E-state index in [2.05, 4.69) is 19.2 Å². The van der Waals surface area contributed by atoms with Crippen molar-refractivity contribution in [3.63, 3.8) is 0 Å². The lowest BCUT2D eigenvalue weighted by molar-refractivity contribution is -0.129. The van der Waals surface area contributed by atoms with Gasteiger partial charge in [0, 0.05) is 37.1 Å². The molecular weight excluding hydrogens is 276 g/mol. The number of nitrogens with zero attached hydrogens (tertiary/aromatic N) is 1. The SMILES string of the molecule is CC(=O)N(CCNC(=O)c1ccc(Cl)cc1)CC(C)C. The zero-order valence-corrected chi connectivity index (χ0v) is 12.9. The minimum atomic E-state index is -0.158. The highest BCUT2D eigenvalue weighted by atomic mass is 35.5. The third-order valence-electron chi connectivity index (χ3n) is 2.80. The Bertz CT molecular complexity index is 457. The molecule has 20 heavy (non-hydrogen) atoms. The monoisotopic (exact) mass is 296 g/mol. The normalized spacial score (nSPS) is 10.4. The fourth-order valence-corrected chi connectivity index (χ4v) is 1.95. The van der Waals surface area contributed by atoms with E-state index < -0.39 is 0 Å². The molecule has 0 aliphatic carbocycles. The highest BCUT2D eigenvalue weighted by molar-refractivity contribution is 6.30. The van der Waals surface area contributed by atoms with Gasteiger partial charge in [0.15, 0.2) is 0 Å². The molecule has 0 saturated heterocycles. The van der Waals surface area contributed by atoms with E-state index in [4.69, 9.17) is 11.6 Å². The zero-order chi connectivity index (χ0) is 15.1. The van der Waals surface area contributed by atoms with Crippen LogP contribution in [0.4, 0.5) is 0 Å². The first-order chi connectivity index (χ1) is 9.40. The summed E-state index contributed by atoms with van der Waals surface area (Å²) in [4.78, 5) is 25.1. The summed E-state index contributed by atoms with van der Waals surface area (Å²) in [6, 6.07) is 6.71. The van der Waals surface area contributed by atoms with Crippen molar-refractivity contribution in [1.82, 2.24) is 10.2 Å². The average Bonchev–Trinajstić information content (AvgIpc) is 2.37. The lowest BCUT2D eigenvalue weighted by atomic mass is 10.2. The molecule has 2 amide bonds. The van der Waals surface area contributed by atoms with Gasteiger partial charge >= 0.3 is 0 Å². The third-order valence-corrected chi connectivity index (χ3v) is 3.06. The average molecular weight is 297 g/mol. The van der Waals surface area contributed by atoms with Gasteiger partial charge in [-0.25, -0.2) is 0 Å². The van der Waals surface area contributed by atoms with Gasteiger partial charge in [-0.15, -0.1) is 0 Å². The smallest absolute Gasteiger partial charge is 0.251 e. The Morgan fingerprint density at radius 3 is 2.35 bits per heavy atom. The minimum Gasteiger partial charge on any atom is -0.350 e. The number of hydrogen-bond donors (Lipinski definition) is 1. The first kappa shape index (κ1) is 16.5. The van der Waals surface area contributed by atoms with E-state index in [1.54, 1.807) is 36.1 Å². The second-order valence-corrected chi connectivity index (χ2v) is 5.56. The van der Waals surface area contributed by atoms with Gasteiger partial charge in [-0.1, -0.05) is 25.4 Å². The number of carbonyl (C=O) groups excluding carboxylic acids is 2. The van der Waals surface area contributed by atoms with Crippen molar-refractivity contribution in [1.29, 1.82) is 0 Å². The van der Waals surface area contributed by atoms with Crippen LogP contribution in [0.15, 0.2) is 24.3 Å². The summed E-state index contributed by atoms with van der Waals surface area (Å²) < 4.78 is 0. The highest BCUT2D eigenvalue weighted by Crippen LogP contribution is 2.09. The molecule has 0 radical (unpaired) electrons. The van der Waals surface area contributed by atoms with Crippen molar-refractivity contribution in [2.45, 2.75) is 20.8 Å². The zero-order valence-electron chi connectivity index (χ0n) is 12.1. The van der Waals surface area contributed by atoms with E-state index in [-0.39, 0.29) is 11.8 Å². The molecule has 0 spiro atoms. The molecule has 5 heteroatoms. The highest BCUT2D eigenvalue weighted by Gasteiger charge is 2.11. The molecule has 1 rings (SSSR count). The van der Waals surface area contributed by atoms with E-state index in [1.165, 1.54) is 0 Å². The molecule has 0 unspecified atom stereocenters. The molecule has 1 aromatic carbocycles. The van der Waals surface area contributed by atoms with Crippen LogP contribution < -0.4 is 5.32 Å². The molecule has 0 aliphatic rings. The lowest BCUT2D eigenvalue weighted by Crippen LogP contribution is -2.39. The summed E-state index contributed by atoms with van der Waals surface area (Å²) in [6.07, 6.45) is 0. The van der Waals surface area contributed by atoms with Crippen molar-refractivity contribution in [3.8, 4) is 0 Å². The standard InChI is InChI=1S/C15H21ClN2O2/c1-11(2)10-18(12(3)19)9-8-17-15(20)13-4-6-14(16)7-5-13/h4-7,11H,8-10H2,1-3H3,(H,17,20). The van der Waals surface area contributed by atoms with Gasteiger partial charge in [0.2, 0.25) is 5.91 Å². The summed E-state index contributed by atoms with van der Waals surface area (Å²) in [6.45, 7) is 7.32. The van der Waals surface area contributed by atoms with Gasteiger partial charge in [-0.2, -0.15) is 0 Å². The van der Waals surface area contributed by atoms with Gasteiger partial charge in [0.25, 0.3) is 5.91 Å². The molecule has 0 aromatic heterocycles. The van der Waals surface area contributed by atoms with Crippen LogP contribution in [0.5, 0.6) is 0 Å². The van der Waals surface area contributed by atoms with Crippen LogP contribution in [-0.2, 0) is 4.79 Å². The minimum absolute atomic E-state index is 0.0273. The Labute approximate surface area is 125 Å². The number of amides is 2. The predicted octanol–water partition coefficient (Wildman–Crippen LogP) is 2.57. The second-order valence-electron chi connectivity index (χ2n) is 5.12. The summed E-state index contributed by atoms with van der Waals surface area (Å²) in [5.74, 6) is 0.278. The molecule has 1 N–H and O–H groups in total.